The van der Waals surface area contributed by atoms with E-state index in [0.717, 1.165) is 19.5 Å². The molecular weight excluding hydrogens is 156 g/mol. The Hall–Kier alpha value is -0.410. The molecule has 1 aromatic rings. The molecule has 0 bridgehead atoms. The lowest BCUT2D eigenvalue weighted by Gasteiger charge is -2.12. The Morgan fingerprint density at radius 1 is 1.64 bits per heavy atom. The highest BCUT2D eigenvalue weighted by Gasteiger charge is 2.14. The number of rotatable bonds is 1. The molecule has 2 heterocycles. The van der Waals surface area contributed by atoms with Gasteiger partial charge < -0.3 is 5.32 Å². The number of fused-ring (bicyclic) bond motifs is 1. The van der Waals surface area contributed by atoms with Crippen LogP contribution in [0, 0.1) is 0 Å². The average Bonchev–Trinajstić information content (AvgIpc) is 2.47. The Bertz CT molecular complexity index is 241. The Balaban J connectivity index is 2.38. The van der Waals surface area contributed by atoms with Crippen molar-refractivity contribution in [1.29, 1.82) is 0 Å². The van der Waals surface area contributed by atoms with Gasteiger partial charge in [0.25, 0.3) is 0 Å². The molecule has 60 valence electrons. The smallest absolute Gasteiger partial charge is 0.0587 e. The molecule has 0 saturated heterocycles. The van der Waals surface area contributed by atoms with Gasteiger partial charge in [-0.2, -0.15) is 4.37 Å². The second kappa shape index (κ2) is 2.91. The highest BCUT2D eigenvalue weighted by atomic mass is 32.1. The molecule has 3 heteroatoms. The van der Waals surface area contributed by atoms with Crippen molar-refractivity contribution in [2.45, 2.75) is 26.3 Å². The van der Waals surface area contributed by atoms with E-state index in [2.05, 4.69) is 16.6 Å². The summed E-state index contributed by atoms with van der Waals surface area (Å²) in [5, 5.41) is 3.37. The van der Waals surface area contributed by atoms with E-state index >= 15 is 0 Å². The molecule has 1 N–H and O–H groups in total. The number of nitrogens with one attached hydrogen (secondary N) is 1. The minimum atomic E-state index is 1.04. The second-order valence-electron chi connectivity index (χ2n) is 2.81. The van der Waals surface area contributed by atoms with Crippen LogP contribution in [0.4, 0.5) is 0 Å². The van der Waals surface area contributed by atoms with Crippen LogP contribution >= 0.6 is 11.5 Å². The molecule has 2 nitrogen and oxygen atoms in total. The van der Waals surface area contributed by atoms with E-state index in [1.807, 2.05) is 0 Å². The summed E-state index contributed by atoms with van der Waals surface area (Å²) in [4.78, 5) is 1.50. The summed E-state index contributed by atoms with van der Waals surface area (Å²) in [6.07, 6.45) is 2.25. The Kier molecular flexibility index (Phi) is 1.92. The molecule has 0 unspecified atom stereocenters. The van der Waals surface area contributed by atoms with E-state index in [1.165, 1.54) is 22.6 Å². The number of hydrogen-bond acceptors (Lipinski definition) is 3. The maximum absolute atomic E-state index is 4.42. The first-order chi connectivity index (χ1) is 5.42. The zero-order valence-electron chi connectivity index (χ0n) is 6.68. The first kappa shape index (κ1) is 7.25. The largest absolute Gasteiger partial charge is 0.312 e. The third-order valence-corrected chi connectivity index (χ3v) is 3.10. The molecular formula is C8H12N2S. The molecule has 0 saturated carbocycles. The molecule has 0 aromatic carbocycles. The molecule has 2 rings (SSSR count). The second-order valence-corrected chi connectivity index (χ2v) is 3.67. The Labute approximate surface area is 70.8 Å². The fourth-order valence-electron chi connectivity index (χ4n) is 1.47. The highest BCUT2D eigenvalue weighted by molar-refractivity contribution is 7.06. The molecule has 11 heavy (non-hydrogen) atoms. The van der Waals surface area contributed by atoms with Crippen LogP contribution in [0.1, 0.15) is 23.1 Å². The maximum Gasteiger partial charge on any atom is 0.0587 e. The summed E-state index contributed by atoms with van der Waals surface area (Å²) < 4.78 is 4.42. The standard InChI is InChI=1S/C8H12N2S/c1-2-7-6-5-9-4-3-8(6)11-10-7/h9H,2-5H2,1H3. The van der Waals surface area contributed by atoms with Crippen LogP contribution in [0.25, 0.3) is 0 Å². The zero-order chi connectivity index (χ0) is 7.68. The van der Waals surface area contributed by atoms with Gasteiger partial charge in [0.15, 0.2) is 0 Å². The first-order valence-corrected chi connectivity index (χ1v) is 4.86. The zero-order valence-corrected chi connectivity index (χ0v) is 7.50. The van der Waals surface area contributed by atoms with E-state index in [-0.39, 0.29) is 0 Å². The summed E-state index contributed by atoms with van der Waals surface area (Å²) in [5.41, 5.74) is 2.78. The number of aryl methyl sites for hydroxylation is 1. The van der Waals surface area contributed by atoms with E-state index in [1.54, 1.807) is 11.5 Å². The van der Waals surface area contributed by atoms with Crippen LogP contribution in [-0.2, 0) is 19.4 Å². The topological polar surface area (TPSA) is 24.9 Å². The van der Waals surface area contributed by atoms with Gasteiger partial charge in [0.2, 0.25) is 0 Å². The monoisotopic (exact) mass is 168 g/mol. The van der Waals surface area contributed by atoms with Crippen LogP contribution in [0.2, 0.25) is 0 Å². The number of nitrogens with zero attached hydrogens (tertiary/aromatic N) is 1. The lowest BCUT2D eigenvalue weighted by Crippen LogP contribution is -2.22. The van der Waals surface area contributed by atoms with E-state index in [4.69, 9.17) is 0 Å². The average molecular weight is 168 g/mol. The van der Waals surface area contributed by atoms with Gasteiger partial charge in [0, 0.05) is 23.5 Å². The van der Waals surface area contributed by atoms with Gasteiger partial charge >= 0.3 is 0 Å². The molecule has 0 aliphatic carbocycles. The van der Waals surface area contributed by atoms with Gasteiger partial charge in [-0.05, 0) is 24.4 Å². The van der Waals surface area contributed by atoms with Gasteiger partial charge in [-0.3, -0.25) is 0 Å². The molecule has 0 radical (unpaired) electrons. The van der Waals surface area contributed by atoms with E-state index in [0.29, 0.717) is 0 Å². The van der Waals surface area contributed by atoms with Crippen molar-refractivity contribution in [3.8, 4) is 0 Å². The predicted octanol–water partition coefficient (Wildman–Crippen LogP) is 1.35. The Morgan fingerprint density at radius 2 is 2.55 bits per heavy atom. The van der Waals surface area contributed by atoms with Crippen LogP contribution < -0.4 is 5.32 Å². The minimum absolute atomic E-state index is 1.04. The van der Waals surface area contributed by atoms with Gasteiger partial charge in [-0.1, -0.05) is 6.92 Å². The van der Waals surface area contributed by atoms with Gasteiger partial charge in [0.05, 0.1) is 5.69 Å². The van der Waals surface area contributed by atoms with Crippen molar-refractivity contribution in [2.75, 3.05) is 6.54 Å². The molecule has 0 spiro atoms. The van der Waals surface area contributed by atoms with Crippen molar-refractivity contribution in [3.63, 3.8) is 0 Å². The summed E-state index contributed by atoms with van der Waals surface area (Å²) in [5.74, 6) is 0. The normalized spacial score (nSPS) is 16.5. The maximum atomic E-state index is 4.42. The van der Waals surface area contributed by atoms with E-state index in [9.17, 15) is 0 Å². The minimum Gasteiger partial charge on any atom is -0.312 e. The number of aromatic nitrogens is 1. The van der Waals surface area contributed by atoms with Crippen LogP contribution in [0.3, 0.4) is 0 Å². The van der Waals surface area contributed by atoms with Gasteiger partial charge in [-0.15, -0.1) is 0 Å². The molecule has 1 aliphatic heterocycles. The third kappa shape index (κ3) is 1.19. The first-order valence-electron chi connectivity index (χ1n) is 4.09. The van der Waals surface area contributed by atoms with Crippen molar-refractivity contribution >= 4 is 11.5 Å². The third-order valence-electron chi connectivity index (χ3n) is 2.12. The van der Waals surface area contributed by atoms with Crippen molar-refractivity contribution < 1.29 is 0 Å². The van der Waals surface area contributed by atoms with Crippen molar-refractivity contribution in [2.24, 2.45) is 0 Å². The quantitative estimate of drug-likeness (QED) is 0.684. The van der Waals surface area contributed by atoms with Crippen molar-refractivity contribution in [1.82, 2.24) is 9.69 Å². The predicted molar refractivity (Wildman–Crippen MR) is 46.9 cm³/mol. The SMILES string of the molecule is CCc1nsc2c1CNCC2. The molecule has 0 fully saturated rings. The molecule has 1 aliphatic rings. The lowest BCUT2D eigenvalue weighted by atomic mass is 10.1. The summed E-state index contributed by atoms with van der Waals surface area (Å²) >= 11 is 1.69. The summed E-state index contributed by atoms with van der Waals surface area (Å²) in [6, 6.07) is 0. The summed E-state index contributed by atoms with van der Waals surface area (Å²) in [7, 11) is 0. The van der Waals surface area contributed by atoms with Crippen LogP contribution in [0.15, 0.2) is 0 Å². The van der Waals surface area contributed by atoms with Crippen LogP contribution in [-0.4, -0.2) is 10.9 Å². The molecule has 1 aromatic heterocycles. The van der Waals surface area contributed by atoms with E-state index < -0.39 is 0 Å². The lowest BCUT2D eigenvalue weighted by molar-refractivity contribution is 0.646. The Morgan fingerprint density at radius 3 is 3.36 bits per heavy atom. The van der Waals surface area contributed by atoms with Gasteiger partial charge in [0.1, 0.15) is 0 Å². The summed E-state index contributed by atoms with van der Waals surface area (Å²) in [6.45, 7) is 4.33. The van der Waals surface area contributed by atoms with Crippen molar-refractivity contribution in [3.05, 3.63) is 16.1 Å². The highest BCUT2D eigenvalue weighted by Crippen LogP contribution is 2.22. The van der Waals surface area contributed by atoms with Gasteiger partial charge in [-0.25, -0.2) is 0 Å². The van der Waals surface area contributed by atoms with Crippen LogP contribution in [0.5, 0.6) is 0 Å². The molecule has 0 atom stereocenters. The fraction of sp³-hybridized carbons (Fsp3) is 0.625. The fourth-order valence-corrected chi connectivity index (χ4v) is 2.42. The molecule has 0 amide bonds. The number of hydrogen-bond donors (Lipinski definition) is 1.